The Labute approximate surface area is 110 Å². The first-order valence-corrected chi connectivity index (χ1v) is 5.81. The molecule has 0 bridgehead atoms. The first-order valence-electron chi connectivity index (χ1n) is 5.81. The van der Waals surface area contributed by atoms with E-state index < -0.39 is 0 Å². The predicted octanol–water partition coefficient (Wildman–Crippen LogP) is -0.104. The summed E-state index contributed by atoms with van der Waals surface area (Å²) in [6.07, 6.45) is 3.18. The summed E-state index contributed by atoms with van der Waals surface area (Å²) in [6, 6.07) is 0. The quantitative estimate of drug-likeness (QED) is 0.794. The van der Waals surface area contributed by atoms with Crippen LogP contribution in [0.1, 0.15) is 21.9 Å². The highest BCUT2D eigenvalue weighted by molar-refractivity contribution is 6.01. The van der Waals surface area contributed by atoms with Crippen LogP contribution in [-0.4, -0.2) is 37.2 Å². The maximum Gasteiger partial charge on any atom is 0.278 e. The third-order valence-corrected chi connectivity index (χ3v) is 2.57. The van der Waals surface area contributed by atoms with E-state index in [0.29, 0.717) is 13.1 Å². The normalized spacial score (nSPS) is 10.5. The van der Waals surface area contributed by atoms with Gasteiger partial charge in [0.15, 0.2) is 0 Å². The molecule has 0 unspecified atom stereocenters. The fourth-order valence-electron chi connectivity index (χ4n) is 1.42. The van der Waals surface area contributed by atoms with Gasteiger partial charge in [-0.1, -0.05) is 0 Å². The number of imidazole rings is 1. The second-order valence-electron chi connectivity index (χ2n) is 4.05. The molecule has 1 amide bonds. The fourth-order valence-corrected chi connectivity index (χ4v) is 1.42. The summed E-state index contributed by atoms with van der Waals surface area (Å²) in [6.45, 7) is 4.70. The average molecular weight is 261 g/mol. The molecule has 0 saturated heterocycles. The van der Waals surface area contributed by atoms with Gasteiger partial charge in [-0.3, -0.25) is 10.1 Å². The van der Waals surface area contributed by atoms with Crippen molar-refractivity contribution in [3.63, 3.8) is 0 Å². The van der Waals surface area contributed by atoms with Crippen LogP contribution in [0.5, 0.6) is 0 Å². The van der Waals surface area contributed by atoms with E-state index in [-0.39, 0.29) is 17.5 Å². The molecule has 19 heavy (non-hydrogen) atoms. The highest BCUT2D eigenvalue weighted by Crippen LogP contribution is 2.04. The Kier molecular flexibility index (Phi) is 3.81. The second kappa shape index (κ2) is 5.53. The Morgan fingerprint density at radius 2 is 2.16 bits per heavy atom. The van der Waals surface area contributed by atoms with Crippen molar-refractivity contribution in [1.29, 1.82) is 0 Å². The maximum atomic E-state index is 11.9. The van der Waals surface area contributed by atoms with E-state index in [0.717, 1.165) is 11.4 Å². The van der Waals surface area contributed by atoms with Crippen LogP contribution < -0.4 is 11.1 Å². The van der Waals surface area contributed by atoms with Gasteiger partial charge in [-0.15, -0.1) is 5.10 Å². The SMILES string of the molecule is Cc1nnc(NC(=O)c2cn(CCN)cn2)nc1C. The molecule has 0 saturated carbocycles. The Hall–Kier alpha value is -2.35. The second-order valence-corrected chi connectivity index (χ2v) is 4.05. The highest BCUT2D eigenvalue weighted by atomic mass is 16.2. The van der Waals surface area contributed by atoms with Gasteiger partial charge in [0.2, 0.25) is 5.95 Å². The third-order valence-electron chi connectivity index (χ3n) is 2.57. The number of hydrogen-bond acceptors (Lipinski definition) is 6. The lowest BCUT2D eigenvalue weighted by Crippen LogP contribution is -2.16. The van der Waals surface area contributed by atoms with Gasteiger partial charge in [0.05, 0.1) is 17.7 Å². The van der Waals surface area contributed by atoms with Crippen molar-refractivity contribution in [2.45, 2.75) is 20.4 Å². The van der Waals surface area contributed by atoms with Gasteiger partial charge in [-0.2, -0.15) is 5.10 Å². The standard InChI is InChI=1S/C11H15N7O/c1-7-8(2)16-17-11(14-7)15-10(19)9-5-18(4-3-12)6-13-9/h5-6H,3-4,12H2,1-2H3,(H,14,15,17,19). The third kappa shape index (κ3) is 3.10. The van der Waals surface area contributed by atoms with Crippen molar-refractivity contribution < 1.29 is 4.79 Å². The summed E-state index contributed by atoms with van der Waals surface area (Å²) in [5.41, 5.74) is 7.16. The molecule has 0 aliphatic rings. The summed E-state index contributed by atoms with van der Waals surface area (Å²) in [4.78, 5) is 20.0. The summed E-state index contributed by atoms with van der Waals surface area (Å²) < 4.78 is 1.74. The average Bonchev–Trinajstić information content (AvgIpc) is 2.83. The predicted molar refractivity (Wildman–Crippen MR) is 68.5 cm³/mol. The fraction of sp³-hybridized carbons (Fsp3) is 0.364. The number of aryl methyl sites for hydroxylation is 2. The van der Waals surface area contributed by atoms with Crippen LogP contribution >= 0.6 is 0 Å². The van der Waals surface area contributed by atoms with Crippen LogP contribution in [0, 0.1) is 13.8 Å². The van der Waals surface area contributed by atoms with Crippen LogP contribution in [0.4, 0.5) is 5.95 Å². The van der Waals surface area contributed by atoms with E-state index in [4.69, 9.17) is 5.73 Å². The van der Waals surface area contributed by atoms with E-state index in [1.54, 1.807) is 30.9 Å². The molecule has 100 valence electrons. The first kappa shape index (κ1) is 13.1. The van der Waals surface area contributed by atoms with Crippen molar-refractivity contribution in [2.75, 3.05) is 11.9 Å². The van der Waals surface area contributed by atoms with Crippen molar-refractivity contribution in [2.24, 2.45) is 5.73 Å². The van der Waals surface area contributed by atoms with Crippen LogP contribution in [0.2, 0.25) is 0 Å². The van der Waals surface area contributed by atoms with Gasteiger partial charge >= 0.3 is 0 Å². The Balaban J connectivity index is 2.09. The van der Waals surface area contributed by atoms with Crippen LogP contribution in [0.15, 0.2) is 12.5 Å². The number of nitrogens with two attached hydrogens (primary N) is 1. The lowest BCUT2D eigenvalue weighted by Gasteiger charge is -2.02. The zero-order valence-corrected chi connectivity index (χ0v) is 10.8. The molecular weight excluding hydrogens is 246 g/mol. The summed E-state index contributed by atoms with van der Waals surface area (Å²) in [7, 11) is 0. The molecule has 0 aromatic carbocycles. The zero-order valence-electron chi connectivity index (χ0n) is 10.8. The molecule has 2 rings (SSSR count). The molecular formula is C11H15N7O. The number of anilines is 1. The molecule has 0 aliphatic carbocycles. The molecule has 2 aromatic rings. The van der Waals surface area contributed by atoms with Crippen LogP contribution in [0.3, 0.4) is 0 Å². The van der Waals surface area contributed by atoms with Gasteiger partial charge < -0.3 is 10.3 Å². The number of carbonyl (C=O) groups is 1. The number of nitrogens with one attached hydrogen (secondary N) is 1. The van der Waals surface area contributed by atoms with Gasteiger partial charge in [0.1, 0.15) is 5.69 Å². The molecule has 2 heterocycles. The Morgan fingerprint density at radius 3 is 2.84 bits per heavy atom. The molecule has 3 N–H and O–H groups in total. The largest absolute Gasteiger partial charge is 0.335 e. The van der Waals surface area contributed by atoms with Gasteiger partial charge in [0, 0.05) is 19.3 Å². The van der Waals surface area contributed by atoms with Crippen molar-refractivity contribution in [3.05, 3.63) is 29.6 Å². The van der Waals surface area contributed by atoms with E-state index in [9.17, 15) is 4.79 Å². The van der Waals surface area contributed by atoms with Gasteiger partial charge in [-0.05, 0) is 13.8 Å². The van der Waals surface area contributed by atoms with Crippen molar-refractivity contribution in [1.82, 2.24) is 24.7 Å². The van der Waals surface area contributed by atoms with Crippen LogP contribution in [-0.2, 0) is 6.54 Å². The minimum atomic E-state index is -0.374. The van der Waals surface area contributed by atoms with Crippen molar-refractivity contribution >= 4 is 11.9 Å². The van der Waals surface area contributed by atoms with E-state index in [2.05, 4.69) is 25.5 Å². The molecule has 0 fully saturated rings. The van der Waals surface area contributed by atoms with Gasteiger partial charge in [-0.25, -0.2) is 9.97 Å². The molecule has 0 spiro atoms. The van der Waals surface area contributed by atoms with E-state index in [1.807, 2.05) is 0 Å². The number of amides is 1. The van der Waals surface area contributed by atoms with E-state index in [1.165, 1.54) is 0 Å². The molecule has 0 atom stereocenters. The monoisotopic (exact) mass is 261 g/mol. The Bertz CT molecular complexity index is 592. The van der Waals surface area contributed by atoms with E-state index >= 15 is 0 Å². The smallest absolute Gasteiger partial charge is 0.278 e. The molecule has 0 radical (unpaired) electrons. The topological polar surface area (TPSA) is 112 Å². The minimum absolute atomic E-state index is 0.168. The number of carbonyl (C=O) groups excluding carboxylic acids is 1. The zero-order chi connectivity index (χ0) is 13.8. The first-order chi connectivity index (χ1) is 9.10. The molecule has 8 nitrogen and oxygen atoms in total. The summed E-state index contributed by atoms with van der Waals surface area (Å²) in [5, 5.41) is 10.2. The van der Waals surface area contributed by atoms with Crippen molar-refractivity contribution in [3.8, 4) is 0 Å². The minimum Gasteiger partial charge on any atom is -0.335 e. The lowest BCUT2D eigenvalue weighted by atomic mass is 10.4. The summed E-state index contributed by atoms with van der Waals surface area (Å²) >= 11 is 0. The van der Waals surface area contributed by atoms with Crippen LogP contribution in [0.25, 0.3) is 0 Å². The number of rotatable bonds is 4. The highest BCUT2D eigenvalue weighted by Gasteiger charge is 2.11. The number of nitrogens with zero attached hydrogens (tertiary/aromatic N) is 5. The molecule has 2 aromatic heterocycles. The van der Waals surface area contributed by atoms with Gasteiger partial charge in [0.25, 0.3) is 5.91 Å². The summed E-state index contributed by atoms with van der Waals surface area (Å²) in [5.74, 6) is -0.206. The maximum absolute atomic E-state index is 11.9. The molecule has 8 heteroatoms. The lowest BCUT2D eigenvalue weighted by molar-refractivity contribution is 0.102. The number of aromatic nitrogens is 5. The number of hydrogen-bond donors (Lipinski definition) is 2. The Morgan fingerprint density at radius 1 is 1.37 bits per heavy atom. The molecule has 0 aliphatic heterocycles.